The van der Waals surface area contributed by atoms with Gasteiger partial charge in [-0.15, -0.1) is 0 Å². The van der Waals surface area contributed by atoms with Gasteiger partial charge in [0, 0.05) is 11.9 Å². The van der Waals surface area contributed by atoms with Crippen LogP contribution in [0, 0.1) is 0 Å². The van der Waals surface area contributed by atoms with Gasteiger partial charge in [0.2, 0.25) is 0 Å². The molecule has 0 aliphatic heterocycles. The van der Waals surface area contributed by atoms with Gasteiger partial charge < -0.3 is 10.1 Å². The maximum Gasteiger partial charge on any atom is 0.324 e. The Bertz CT molecular complexity index is 553. The minimum absolute atomic E-state index is 0.126. The maximum absolute atomic E-state index is 11.8. The molecule has 2 rings (SSSR count). The third kappa shape index (κ3) is 4.28. The topological polar surface area (TPSA) is 63.2 Å². The number of aromatic nitrogens is 1. The van der Waals surface area contributed by atoms with Crippen molar-refractivity contribution in [2.75, 3.05) is 10.6 Å². The lowest BCUT2D eigenvalue weighted by atomic mass is 10.3. The Hall–Kier alpha value is -2.56. The first kappa shape index (κ1) is 13.9. The summed E-state index contributed by atoms with van der Waals surface area (Å²) in [7, 11) is 0. The molecule has 0 unspecified atom stereocenters. The molecule has 0 radical (unpaired) electrons. The monoisotopic (exact) mass is 271 g/mol. The van der Waals surface area contributed by atoms with Crippen molar-refractivity contribution in [3.8, 4) is 5.75 Å². The van der Waals surface area contributed by atoms with E-state index in [-0.39, 0.29) is 12.1 Å². The van der Waals surface area contributed by atoms with Crippen molar-refractivity contribution in [2.24, 2.45) is 0 Å². The molecule has 5 heteroatoms. The average Bonchev–Trinajstić information content (AvgIpc) is 2.41. The molecule has 1 aromatic heterocycles. The zero-order chi connectivity index (χ0) is 14.4. The van der Waals surface area contributed by atoms with Crippen molar-refractivity contribution in [3.05, 3.63) is 48.7 Å². The molecule has 1 heterocycles. The molecule has 0 atom stereocenters. The fraction of sp³-hybridized carbons (Fsp3) is 0.200. The minimum Gasteiger partial charge on any atom is -0.491 e. The molecule has 2 amide bonds. The fourth-order valence-corrected chi connectivity index (χ4v) is 1.60. The van der Waals surface area contributed by atoms with Gasteiger partial charge in [0.25, 0.3) is 0 Å². The number of carbonyl (C=O) groups is 1. The highest BCUT2D eigenvalue weighted by atomic mass is 16.5. The van der Waals surface area contributed by atoms with E-state index < -0.39 is 0 Å². The van der Waals surface area contributed by atoms with Gasteiger partial charge >= 0.3 is 6.03 Å². The second-order valence-corrected chi connectivity index (χ2v) is 4.49. The van der Waals surface area contributed by atoms with Crippen LogP contribution in [0.15, 0.2) is 48.7 Å². The normalized spacial score (nSPS) is 10.2. The average molecular weight is 271 g/mol. The smallest absolute Gasteiger partial charge is 0.324 e. The summed E-state index contributed by atoms with van der Waals surface area (Å²) < 4.78 is 5.53. The van der Waals surface area contributed by atoms with Gasteiger partial charge in [-0.3, -0.25) is 5.32 Å². The summed E-state index contributed by atoms with van der Waals surface area (Å²) in [5.41, 5.74) is 0.689. The van der Waals surface area contributed by atoms with Gasteiger partial charge in [-0.1, -0.05) is 6.07 Å². The van der Waals surface area contributed by atoms with E-state index >= 15 is 0 Å². The maximum atomic E-state index is 11.8. The Morgan fingerprint density at radius 2 is 1.85 bits per heavy atom. The number of carbonyl (C=O) groups excluding carboxylic acids is 1. The van der Waals surface area contributed by atoms with Crippen molar-refractivity contribution in [1.29, 1.82) is 0 Å². The number of hydrogen-bond donors (Lipinski definition) is 2. The van der Waals surface area contributed by atoms with E-state index in [2.05, 4.69) is 15.6 Å². The van der Waals surface area contributed by atoms with Crippen LogP contribution in [0.4, 0.5) is 16.3 Å². The Balaban J connectivity index is 1.91. The number of nitrogens with zero attached hydrogens (tertiary/aromatic N) is 1. The SMILES string of the molecule is CC(C)Oc1ccc(NC(=O)Nc2ccccn2)cc1. The lowest BCUT2D eigenvalue weighted by molar-refractivity contribution is 0.242. The Morgan fingerprint density at radius 3 is 2.45 bits per heavy atom. The number of anilines is 2. The summed E-state index contributed by atoms with van der Waals surface area (Å²) in [6.45, 7) is 3.93. The van der Waals surface area contributed by atoms with Gasteiger partial charge in [-0.05, 0) is 50.2 Å². The molecule has 0 saturated carbocycles. The van der Waals surface area contributed by atoms with E-state index in [9.17, 15) is 4.79 Å². The Kier molecular flexibility index (Phi) is 4.55. The fourth-order valence-electron chi connectivity index (χ4n) is 1.60. The van der Waals surface area contributed by atoms with Crippen LogP contribution in [0.5, 0.6) is 5.75 Å². The van der Waals surface area contributed by atoms with Crippen LogP contribution in [0.25, 0.3) is 0 Å². The molecule has 0 aliphatic rings. The summed E-state index contributed by atoms with van der Waals surface area (Å²) in [6, 6.07) is 12.2. The highest BCUT2D eigenvalue weighted by Gasteiger charge is 2.03. The molecule has 0 aliphatic carbocycles. The number of nitrogens with one attached hydrogen (secondary N) is 2. The zero-order valence-corrected chi connectivity index (χ0v) is 11.5. The molecule has 0 fully saturated rings. The van der Waals surface area contributed by atoms with Crippen LogP contribution >= 0.6 is 0 Å². The summed E-state index contributed by atoms with van der Waals surface area (Å²) in [5, 5.41) is 5.37. The first-order chi connectivity index (χ1) is 9.63. The molecule has 2 N–H and O–H groups in total. The van der Waals surface area contributed by atoms with Crippen LogP contribution in [-0.2, 0) is 0 Å². The number of urea groups is 1. The van der Waals surface area contributed by atoms with Crippen molar-refractivity contribution in [1.82, 2.24) is 4.98 Å². The van der Waals surface area contributed by atoms with Gasteiger partial charge in [0.05, 0.1) is 6.10 Å². The Morgan fingerprint density at radius 1 is 1.10 bits per heavy atom. The van der Waals surface area contributed by atoms with E-state index in [1.165, 1.54) is 0 Å². The Labute approximate surface area is 118 Å². The predicted molar refractivity (Wildman–Crippen MR) is 79.1 cm³/mol. The second kappa shape index (κ2) is 6.56. The molecule has 20 heavy (non-hydrogen) atoms. The first-order valence-corrected chi connectivity index (χ1v) is 6.39. The highest BCUT2D eigenvalue weighted by Crippen LogP contribution is 2.17. The van der Waals surface area contributed by atoms with Crippen LogP contribution in [0.2, 0.25) is 0 Å². The third-order valence-corrected chi connectivity index (χ3v) is 2.39. The van der Waals surface area contributed by atoms with E-state index in [0.717, 1.165) is 5.75 Å². The number of benzene rings is 1. The quantitative estimate of drug-likeness (QED) is 0.894. The standard InChI is InChI=1S/C15H17N3O2/c1-11(2)20-13-8-6-12(7-9-13)17-15(19)18-14-5-3-4-10-16-14/h3-11H,1-2H3,(H2,16,17,18,19). The molecule has 2 aromatic rings. The second-order valence-electron chi connectivity index (χ2n) is 4.49. The minimum atomic E-state index is -0.332. The summed E-state index contributed by atoms with van der Waals surface area (Å²) in [4.78, 5) is 15.8. The number of ether oxygens (including phenoxy) is 1. The first-order valence-electron chi connectivity index (χ1n) is 6.39. The van der Waals surface area contributed by atoms with Gasteiger partial charge in [-0.2, -0.15) is 0 Å². The molecule has 0 spiro atoms. The summed E-state index contributed by atoms with van der Waals surface area (Å²) in [6.07, 6.45) is 1.74. The van der Waals surface area contributed by atoms with E-state index in [1.54, 1.807) is 36.5 Å². The van der Waals surface area contributed by atoms with Crippen LogP contribution in [-0.4, -0.2) is 17.1 Å². The largest absolute Gasteiger partial charge is 0.491 e. The number of amides is 2. The van der Waals surface area contributed by atoms with Gasteiger partial charge in [0.1, 0.15) is 11.6 Å². The molecule has 0 saturated heterocycles. The van der Waals surface area contributed by atoms with Crippen LogP contribution in [0.3, 0.4) is 0 Å². The third-order valence-electron chi connectivity index (χ3n) is 2.39. The zero-order valence-electron chi connectivity index (χ0n) is 11.5. The lowest BCUT2D eigenvalue weighted by Crippen LogP contribution is -2.19. The predicted octanol–water partition coefficient (Wildman–Crippen LogP) is 3.51. The lowest BCUT2D eigenvalue weighted by Gasteiger charge is -2.11. The molecule has 5 nitrogen and oxygen atoms in total. The number of hydrogen-bond acceptors (Lipinski definition) is 3. The van der Waals surface area contributed by atoms with E-state index in [0.29, 0.717) is 11.5 Å². The number of rotatable bonds is 4. The van der Waals surface area contributed by atoms with Gasteiger partial charge in [-0.25, -0.2) is 9.78 Å². The van der Waals surface area contributed by atoms with Gasteiger partial charge in [0.15, 0.2) is 0 Å². The molecule has 104 valence electrons. The summed E-state index contributed by atoms with van der Waals surface area (Å²) >= 11 is 0. The van der Waals surface area contributed by atoms with Crippen molar-refractivity contribution < 1.29 is 9.53 Å². The molecule has 0 bridgehead atoms. The highest BCUT2D eigenvalue weighted by molar-refractivity contribution is 5.99. The van der Waals surface area contributed by atoms with Crippen LogP contribution < -0.4 is 15.4 Å². The van der Waals surface area contributed by atoms with Crippen molar-refractivity contribution >= 4 is 17.5 Å². The molecular weight excluding hydrogens is 254 g/mol. The summed E-state index contributed by atoms with van der Waals surface area (Å²) in [5.74, 6) is 1.28. The van der Waals surface area contributed by atoms with Crippen molar-refractivity contribution in [2.45, 2.75) is 20.0 Å². The van der Waals surface area contributed by atoms with E-state index in [4.69, 9.17) is 4.74 Å². The number of pyridine rings is 1. The molecular formula is C15H17N3O2. The van der Waals surface area contributed by atoms with E-state index in [1.807, 2.05) is 26.0 Å². The van der Waals surface area contributed by atoms with Crippen LogP contribution in [0.1, 0.15) is 13.8 Å². The van der Waals surface area contributed by atoms with Crippen molar-refractivity contribution in [3.63, 3.8) is 0 Å². The molecule has 1 aromatic carbocycles.